The molecule has 0 amide bonds. The Labute approximate surface area is 398 Å². The first-order valence-corrected chi connectivity index (χ1v) is 26.6. The van der Waals surface area contributed by atoms with Crippen molar-refractivity contribution in [1.29, 1.82) is 0 Å². The highest BCUT2D eigenvalue weighted by molar-refractivity contribution is 7.47. The van der Waals surface area contributed by atoms with Crippen LogP contribution in [0, 0.1) is 0 Å². The fourth-order valence-electron chi connectivity index (χ4n) is 6.98. The zero-order valence-corrected chi connectivity index (χ0v) is 41.3. The van der Waals surface area contributed by atoms with Crippen LogP contribution >= 0.6 is 7.82 Å². The summed E-state index contributed by atoms with van der Waals surface area (Å²) in [4.78, 5) is 23.2. The van der Waals surface area contributed by atoms with Crippen LogP contribution < -0.4 is 0 Å². The van der Waals surface area contributed by atoms with Crippen LogP contribution in [0.1, 0.15) is 168 Å². The van der Waals surface area contributed by atoms with Gasteiger partial charge in [0.05, 0.1) is 13.2 Å². The van der Waals surface area contributed by atoms with Crippen LogP contribution in [0.4, 0.5) is 0 Å². The SMILES string of the molecule is CC/C=C\C/C=C\C/C=C\C/C=C\C/C=C\CCCCCCOCC(COP(=O)(O)OC1C(O)C(O)C(O)C(O)C1O)OC(=O)CCCCCCCC/C=C\C/C=C\C/C=C\CCCCC. The Kier molecular flexibility index (Phi) is 39.3. The third-order valence-corrected chi connectivity index (χ3v) is 11.9. The molecule has 0 saturated heterocycles. The van der Waals surface area contributed by atoms with E-state index in [-0.39, 0.29) is 13.0 Å². The number of rotatable bonds is 41. The smallest absolute Gasteiger partial charge is 0.457 e. The Morgan fingerprint density at radius 2 is 0.894 bits per heavy atom. The van der Waals surface area contributed by atoms with E-state index in [1.807, 2.05) is 0 Å². The van der Waals surface area contributed by atoms with Crippen molar-refractivity contribution in [2.24, 2.45) is 0 Å². The molecule has 12 nitrogen and oxygen atoms in total. The first kappa shape index (κ1) is 61.3. The highest BCUT2D eigenvalue weighted by Gasteiger charge is 2.51. The fraction of sp³-hybridized carbons (Fsp3) is 0.679. The van der Waals surface area contributed by atoms with Crippen LogP contribution in [-0.2, 0) is 27.9 Å². The van der Waals surface area contributed by atoms with Gasteiger partial charge in [0, 0.05) is 13.0 Å². The summed E-state index contributed by atoms with van der Waals surface area (Å²) < 4.78 is 34.2. The molecule has 0 bridgehead atoms. The van der Waals surface area contributed by atoms with Gasteiger partial charge in [-0.1, -0.05) is 162 Å². The Bertz CT molecular complexity index is 1450. The van der Waals surface area contributed by atoms with Crippen molar-refractivity contribution in [2.45, 2.75) is 211 Å². The summed E-state index contributed by atoms with van der Waals surface area (Å²) >= 11 is 0. The molecule has 6 unspecified atom stereocenters. The molecule has 1 saturated carbocycles. The van der Waals surface area contributed by atoms with Crippen molar-refractivity contribution < 1.29 is 58.3 Å². The molecular weight excluding hydrogens is 860 g/mol. The Morgan fingerprint density at radius 1 is 0.500 bits per heavy atom. The second-order valence-corrected chi connectivity index (χ2v) is 18.3. The summed E-state index contributed by atoms with van der Waals surface area (Å²) in [6.07, 6.45) is 46.1. The van der Waals surface area contributed by atoms with Gasteiger partial charge in [-0.15, -0.1) is 0 Å². The highest BCUT2D eigenvalue weighted by Crippen LogP contribution is 2.47. The van der Waals surface area contributed by atoms with Gasteiger partial charge in [-0.05, 0) is 96.3 Å². The van der Waals surface area contributed by atoms with Crippen LogP contribution in [0.2, 0.25) is 0 Å². The molecular formula is C53H89O12P. The van der Waals surface area contributed by atoms with Crippen LogP contribution in [0.25, 0.3) is 0 Å². The number of carbonyl (C=O) groups is 1. The average Bonchev–Trinajstić information content (AvgIpc) is 3.30. The van der Waals surface area contributed by atoms with Crippen LogP contribution in [0.5, 0.6) is 0 Å². The minimum absolute atomic E-state index is 0.106. The lowest BCUT2D eigenvalue weighted by atomic mass is 9.85. The average molecular weight is 949 g/mol. The third kappa shape index (κ3) is 33.7. The molecule has 0 spiro atoms. The van der Waals surface area contributed by atoms with Gasteiger partial charge < -0.3 is 39.9 Å². The molecule has 0 aromatic heterocycles. The summed E-state index contributed by atoms with van der Waals surface area (Å²) in [7, 11) is -5.04. The lowest BCUT2D eigenvalue weighted by Gasteiger charge is -2.41. The normalized spacial score (nSPS) is 22.2. The monoisotopic (exact) mass is 949 g/mol. The molecule has 0 heterocycles. The lowest BCUT2D eigenvalue weighted by molar-refractivity contribution is -0.220. The van der Waals surface area contributed by atoms with Gasteiger partial charge in [0.1, 0.15) is 42.7 Å². The van der Waals surface area contributed by atoms with Crippen LogP contribution in [0.3, 0.4) is 0 Å². The van der Waals surface area contributed by atoms with E-state index in [2.05, 4.69) is 111 Å². The Morgan fingerprint density at radius 3 is 1.36 bits per heavy atom. The van der Waals surface area contributed by atoms with E-state index in [9.17, 15) is 39.8 Å². The topological polar surface area (TPSA) is 192 Å². The lowest BCUT2D eigenvalue weighted by Crippen LogP contribution is -2.64. The van der Waals surface area contributed by atoms with Gasteiger partial charge in [-0.25, -0.2) is 4.57 Å². The number of hydrogen-bond donors (Lipinski definition) is 6. The summed E-state index contributed by atoms with van der Waals surface area (Å²) in [6.45, 7) is 4.04. The van der Waals surface area contributed by atoms with Gasteiger partial charge in [0.15, 0.2) is 0 Å². The number of allylic oxidation sites excluding steroid dienone is 16. The number of hydrogen-bond acceptors (Lipinski definition) is 11. The third-order valence-electron chi connectivity index (χ3n) is 10.9. The maximum atomic E-state index is 12.9. The first-order chi connectivity index (χ1) is 32.0. The van der Waals surface area contributed by atoms with E-state index in [1.54, 1.807) is 0 Å². The molecule has 0 aliphatic heterocycles. The number of carbonyl (C=O) groups excluding carboxylic acids is 1. The molecule has 1 aliphatic rings. The van der Waals surface area contributed by atoms with E-state index in [0.717, 1.165) is 116 Å². The largest absolute Gasteiger partial charge is 0.472 e. The predicted molar refractivity (Wildman–Crippen MR) is 267 cm³/mol. The molecule has 13 heteroatoms. The molecule has 1 aliphatic carbocycles. The van der Waals surface area contributed by atoms with Crippen molar-refractivity contribution in [3.05, 3.63) is 97.2 Å². The molecule has 6 atom stereocenters. The predicted octanol–water partition coefficient (Wildman–Crippen LogP) is 11.1. The zero-order valence-electron chi connectivity index (χ0n) is 40.5. The quantitative estimate of drug-likeness (QED) is 0.0147. The van der Waals surface area contributed by atoms with Gasteiger partial charge in [0.25, 0.3) is 0 Å². The fourth-order valence-corrected chi connectivity index (χ4v) is 7.95. The minimum atomic E-state index is -5.04. The number of aliphatic hydroxyl groups is 5. The van der Waals surface area contributed by atoms with Gasteiger partial charge in [-0.3, -0.25) is 13.8 Å². The van der Waals surface area contributed by atoms with E-state index in [0.29, 0.717) is 13.0 Å². The Balaban J connectivity index is 2.41. The second kappa shape index (κ2) is 42.4. The van der Waals surface area contributed by atoms with Crippen LogP contribution in [0.15, 0.2) is 97.2 Å². The summed E-state index contributed by atoms with van der Waals surface area (Å²) in [5.74, 6) is -0.503. The highest BCUT2D eigenvalue weighted by atomic mass is 31.2. The van der Waals surface area contributed by atoms with Crippen molar-refractivity contribution >= 4 is 13.8 Å². The summed E-state index contributed by atoms with van der Waals surface area (Å²) in [5.41, 5.74) is 0. The molecule has 1 rings (SSSR count). The number of unbranched alkanes of at least 4 members (excludes halogenated alkanes) is 13. The minimum Gasteiger partial charge on any atom is -0.457 e. The zero-order chi connectivity index (χ0) is 48.4. The van der Waals surface area contributed by atoms with E-state index >= 15 is 0 Å². The van der Waals surface area contributed by atoms with Gasteiger partial charge in [-0.2, -0.15) is 0 Å². The molecule has 0 radical (unpaired) electrons. The number of ether oxygens (including phenoxy) is 2. The van der Waals surface area contributed by atoms with Crippen molar-refractivity contribution in [3.63, 3.8) is 0 Å². The van der Waals surface area contributed by atoms with Crippen molar-refractivity contribution in [3.8, 4) is 0 Å². The van der Waals surface area contributed by atoms with E-state index in [4.69, 9.17) is 18.5 Å². The van der Waals surface area contributed by atoms with E-state index < -0.39 is 63.1 Å². The second-order valence-electron chi connectivity index (χ2n) is 16.9. The van der Waals surface area contributed by atoms with Crippen LogP contribution in [-0.4, -0.2) is 98.9 Å². The maximum absolute atomic E-state index is 12.9. The first-order valence-electron chi connectivity index (χ1n) is 25.1. The number of esters is 1. The summed E-state index contributed by atoms with van der Waals surface area (Å²) in [6, 6.07) is 0. The number of aliphatic hydroxyl groups excluding tert-OH is 5. The molecule has 0 aromatic carbocycles. The van der Waals surface area contributed by atoms with Gasteiger partial charge >= 0.3 is 13.8 Å². The molecule has 378 valence electrons. The standard InChI is InChI=1S/C53H89O12P/c1-3-5-7-9-11-13-15-17-19-21-23-25-27-29-31-33-35-37-39-41-43-62-44-46(45-63-66(60,61)65-53-51(58)49(56)48(55)50(57)52(53)59)64-47(54)42-40-38-36-34-32-30-28-26-24-22-20-18-16-14-12-10-8-6-4-2/h5,7,11-14,17-20,23-26,29,31,46,48-53,55-59H,3-4,6,8-10,15-16,21-22,27-28,30,32-45H2,1-2H3,(H,60,61)/b7-5-,13-11-,14-12-,19-17-,20-18-,25-23-,26-24-,31-29-. The van der Waals surface area contributed by atoms with Crippen molar-refractivity contribution in [2.75, 3.05) is 19.8 Å². The molecule has 66 heavy (non-hydrogen) atoms. The molecule has 6 N–H and O–H groups in total. The maximum Gasteiger partial charge on any atom is 0.472 e. The number of phosphoric ester groups is 1. The van der Waals surface area contributed by atoms with E-state index in [1.165, 1.54) is 25.7 Å². The summed E-state index contributed by atoms with van der Waals surface area (Å²) in [5, 5.41) is 50.3. The number of phosphoric acid groups is 1. The molecule has 1 fully saturated rings. The molecule has 0 aromatic rings. The van der Waals surface area contributed by atoms with Gasteiger partial charge in [0.2, 0.25) is 0 Å². The van der Waals surface area contributed by atoms with Crippen molar-refractivity contribution in [1.82, 2.24) is 0 Å². The Hall–Kier alpha value is -2.74.